The van der Waals surface area contributed by atoms with Gasteiger partial charge in [-0.25, -0.2) is 0 Å². The van der Waals surface area contributed by atoms with Gasteiger partial charge in [0, 0.05) is 4.91 Å². The molecule has 0 aromatic carbocycles. The predicted molar refractivity (Wildman–Crippen MR) is 42.9 cm³/mol. The number of hydrogen-bond acceptors (Lipinski definition) is 4. The van der Waals surface area contributed by atoms with Crippen molar-refractivity contribution >= 4 is 12.0 Å². The molecule has 0 spiro atoms. The first-order valence-corrected chi connectivity index (χ1v) is 4.05. The lowest BCUT2D eigenvalue weighted by Crippen LogP contribution is -2.00. The molecule has 0 rings (SSSR count). The Morgan fingerprint density at radius 3 is 2.82 bits per heavy atom. The summed E-state index contributed by atoms with van der Waals surface area (Å²) < 4.78 is 4.13. The average molecular weight is 175 g/mol. The van der Waals surface area contributed by atoms with E-state index in [0.29, 0.717) is 0 Å². The molecule has 0 radical (unpaired) electrons. The van der Waals surface area contributed by atoms with Crippen molar-refractivity contribution in [1.29, 1.82) is 0 Å². The fourth-order valence-corrected chi connectivity index (χ4v) is 0.814. The van der Waals surface area contributed by atoms with E-state index < -0.39 is 0 Å². The Labute approximate surface area is 70.8 Å². The zero-order valence-electron chi connectivity index (χ0n) is 6.57. The van der Waals surface area contributed by atoms with Crippen LogP contribution in [0.3, 0.4) is 0 Å². The maximum atomic E-state index is 9.43. The summed E-state index contributed by atoms with van der Waals surface area (Å²) in [6, 6.07) is 0. The van der Waals surface area contributed by atoms with Crippen LogP contribution in [-0.4, -0.2) is 0 Å². The van der Waals surface area contributed by atoms with E-state index in [-0.39, 0.29) is 0 Å². The minimum absolute atomic E-state index is 0.850. The Bertz CT molecular complexity index is 143. The zero-order valence-corrected chi connectivity index (χ0v) is 7.39. The molecule has 0 unspecified atom stereocenters. The quantitative estimate of drug-likeness (QED) is 0.276. The third-order valence-electron chi connectivity index (χ3n) is 0.960. The lowest BCUT2D eigenvalue weighted by molar-refractivity contribution is -0.777. The minimum Gasteiger partial charge on any atom is -0.691 e. The van der Waals surface area contributed by atoms with E-state index >= 15 is 0 Å². The summed E-state index contributed by atoms with van der Waals surface area (Å²) in [7, 11) is 0. The van der Waals surface area contributed by atoms with Crippen LogP contribution in [0, 0.1) is 0 Å². The summed E-state index contributed by atoms with van der Waals surface area (Å²) in [5, 5.41) is 12.6. The van der Waals surface area contributed by atoms with Crippen molar-refractivity contribution in [3.8, 4) is 0 Å². The highest BCUT2D eigenvalue weighted by atomic mass is 32.2. The van der Waals surface area contributed by atoms with Crippen LogP contribution in [0.5, 0.6) is 0 Å². The Hall–Kier alpha value is -0.290. The van der Waals surface area contributed by atoms with Crippen LogP contribution in [0.2, 0.25) is 0 Å². The van der Waals surface area contributed by atoms with Crippen molar-refractivity contribution in [3.63, 3.8) is 0 Å². The normalized spacial score (nSPS) is 12.8. The molecule has 3 nitrogen and oxygen atoms in total. The number of rotatable bonds is 5. The van der Waals surface area contributed by atoms with Gasteiger partial charge in [0.1, 0.15) is 0 Å². The van der Waals surface area contributed by atoms with Crippen LogP contribution in [0.15, 0.2) is 23.1 Å². The van der Waals surface area contributed by atoms with Gasteiger partial charge in [-0.1, -0.05) is 25.2 Å². The molecule has 0 bridgehead atoms. The van der Waals surface area contributed by atoms with Gasteiger partial charge in [-0.05, 0) is 13.3 Å². The standard InChI is InChI=1S/C7H12O3S/c1-3-5-6-7(4-2)11-10-9-8/h4-6,8H,3H2,1-2H3/p-1/b6-5-,7-4+. The lowest BCUT2D eigenvalue weighted by atomic mass is 10.4. The van der Waals surface area contributed by atoms with Crippen molar-refractivity contribution in [1.82, 2.24) is 0 Å². The molecule has 0 saturated carbocycles. The molecule has 0 aliphatic rings. The second kappa shape index (κ2) is 7.81. The Morgan fingerprint density at radius 1 is 1.64 bits per heavy atom. The van der Waals surface area contributed by atoms with Gasteiger partial charge in [0.25, 0.3) is 0 Å². The highest BCUT2D eigenvalue weighted by Gasteiger charge is 1.90. The molecular weight excluding hydrogens is 164 g/mol. The monoisotopic (exact) mass is 175 g/mol. The second-order valence-electron chi connectivity index (χ2n) is 1.72. The summed E-state index contributed by atoms with van der Waals surface area (Å²) in [4.78, 5) is 0.850. The molecule has 0 aromatic heterocycles. The van der Waals surface area contributed by atoms with Gasteiger partial charge < -0.3 is 5.26 Å². The van der Waals surface area contributed by atoms with Gasteiger partial charge in [-0.3, -0.25) is 5.04 Å². The minimum atomic E-state index is 0.850. The first-order valence-electron chi connectivity index (χ1n) is 3.31. The third kappa shape index (κ3) is 6.12. The van der Waals surface area contributed by atoms with Gasteiger partial charge in [-0.15, -0.1) is 0 Å². The van der Waals surface area contributed by atoms with Crippen molar-refractivity contribution in [2.45, 2.75) is 20.3 Å². The molecule has 0 N–H and O–H groups in total. The fraction of sp³-hybridized carbons (Fsp3) is 0.429. The number of allylic oxidation sites excluding steroid dienone is 3. The first kappa shape index (κ1) is 10.7. The Balaban J connectivity index is 3.68. The summed E-state index contributed by atoms with van der Waals surface area (Å²) in [6.07, 6.45) is 6.62. The molecule has 0 amide bonds. The Kier molecular flexibility index (Phi) is 7.61. The summed E-state index contributed by atoms with van der Waals surface area (Å²) >= 11 is 0.901. The summed E-state index contributed by atoms with van der Waals surface area (Å²) in [5.74, 6) is 0. The first-order chi connectivity index (χ1) is 5.35. The smallest absolute Gasteiger partial charge is 0.0670 e. The molecule has 0 fully saturated rings. The average Bonchev–Trinajstić information content (AvgIpc) is 2.05. The molecule has 0 saturated heterocycles. The van der Waals surface area contributed by atoms with E-state index in [1.165, 1.54) is 0 Å². The van der Waals surface area contributed by atoms with E-state index in [9.17, 15) is 5.26 Å². The van der Waals surface area contributed by atoms with Crippen molar-refractivity contribution in [2.75, 3.05) is 0 Å². The molecule has 4 heteroatoms. The molecule has 0 aliphatic heterocycles. The molecule has 0 atom stereocenters. The second-order valence-corrected chi connectivity index (χ2v) is 2.50. The van der Waals surface area contributed by atoms with Gasteiger partial charge in [0.05, 0.1) is 12.0 Å². The van der Waals surface area contributed by atoms with Gasteiger partial charge in [-0.2, -0.15) is 4.33 Å². The van der Waals surface area contributed by atoms with Crippen molar-refractivity contribution in [3.05, 3.63) is 23.1 Å². The molecule has 0 aliphatic carbocycles. The number of hydrogen-bond donors (Lipinski definition) is 0. The largest absolute Gasteiger partial charge is 0.691 e. The highest BCUT2D eigenvalue weighted by molar-refractivity contribution is 7.98. The van der Waals surface area contributed by atoms with Crippen LogP contribution in [0.4, 0.5) is 0 Å². The maximum Gasteiger partial charge on any atom is 0.0670 e. The van der Waals surface area contributed by atoms with Crippen LogP contribution in [0.25, 0.3) is 0 Å². The summed E-state index contributed by atoms with van der Waals surface area (Å²) in [6.45, 7) is 3.88. The molecule has 0 heterocycles. The Morgan fingerprint density at radius 2 is 2.36 bits per heavy atom. The van der Waals surface area contributed by atoms with Crippen LogP contribution < -0.4 is 5.26 Å². The SMILES string of the molecule is C/C=C(\C=C/CC)SOO[O-]. The lowest BCUT2D eigenvalue weighted by Gasteiger charge is -2.03. The van der Waals surface area contributed by atoms with E-state index in [1.54, 1.807) is 0 Å². The van der Waals surface area contributed by atoms with Crippen molar-refractivity contribution < 1.29 is 14.6 Å². The zero-order chi connectivity index (χ0) is 8.53. The van der Waals surface area contributed by atoms with E-state index in [0.717, 1.165) is 23.4 Å². The van der Waals surface area contributed by atoms with Gasteiger partial charge in [0.2, 0.25) is 0 Å². The van der Waals surface area contributed by atoms with E-state index in [4.69, 9.17) is 0 Å². The maximum absolute atomic E-state index is 9.43. The molecular formula is C7H11O3S-. The predicted octanol–water partition coefficient (Wildman–Crippen LogP) is 1.73. The van der Waals surface area contributed by atoms with E-state index in [1.807, 2.05) is 32.1 Å². The molecule has 11 heavy (non-hydrogen) atoms. The van der Waals surface area contributed by atoms with Crippen LogP contribution in [0.1, 0.15) is 20.3 Å². The third-order valence-corrected chi connectivity index (χ3v) is 1.65. The summed E-state index contributed by atoms with van der Waals surface area (Å²) in [5.41, 5.74) is 0. The van der Waals surface area contributed by atoms with Gasteiger partial charge >= 0.3 is 0 Å². The van der Waals surface area contributed by atoms with Gasteiger partial charge in [0.15, 0.2) is 0 Å². The topological polar surface area (TPSA) is 41.5 Å². The van der Waals surface area contributed by atoms with Crippen molar-refractivity contribution in [2.24, 2.45) is 0 Å². The molecule has 0 aromatic rings. The van der Waals surface area contributed by atoms with Crippen LogP contribution >= 0.6 is 12.0 Å². The highest BCUT2D eigenvalue weighted by Crippen LogP contribution is 2.17. The van der Waals surface area contributed by atoms with Crippen LogP contribution in [-0.2, 0) is 9.37 Å². The molecule has 64 valence electrons. The fourth-order valence-electron chi connectivity index (χ4n) is 0.459. The van der Waals surface area contributed by atoms with E-state index in [2.05, 4.69) is 9.37 Å².